The minimum absolute atomic E-state index is 0.0916. The van der Waals surface area contributed by atoms with E-state index in [9.17, 15) is 4.79 Å². The Labute approximate surface area is 94.3 Å². The molecule has 1 rings (SSSR count). The maximum absolute atomic E-state index is 11.2. The second-order valence-corrected chi connectivity index (χ2v) is 3.23. The maximum atomic E-state index is 11.2. The average molecular weight is 223 g/mol. The number of rotatable bonds is 4. The summed E-state index contributed by atoms with van der Waals surface area (Å²) in [4.78, 5) is 15.9. The van der Waals surface area contributed by atoms with Gasteiger partial charge in [-0.05, 0) is 6.07 Å². The average Bonchev–Trinajstić information content (AvgIpc) is 2.28. The summed E-state index contributed by atoms with van der Waals surface area (Å²) in [6.07, 6.45) is 3.85. The van der Waals surface area contributed by atoms with E-state index in [2.05, 4.69) is 9.89 Å². The Balaban J connectivity index is 2.94. The van der Waals surface area contributed by atoms with Gasteiger partial charge >= 0.3 is 5.97 Å². The second kappa shape index (κ2) is 5.85. The highest BCUT2D eigenvalue weighted by atomic mass is 16.6. The van der Waals surface area contributed by atoms with Crippen LogP contribution in [0.15, 0.2) is 29.7 Å². The number of ether oxygens (including phenoxy) is 1. The topological polar surface area (TPSA) is 51.8 Å². The number of methoxy groups -OCH3 is 1. The number of nitrogens with zero attached hydrogens (tertiary/aromatic N) is 2. The number of carbonyl (C=O) groups excluding carboxylic acids is 1. The zero-order chi connectivity index (χ0) is 12.0. The molecule has 0 aliphatic carbocycles. The summed E-state index contributed by atoms with van der Waals surface area (Å²) in [5.74, 6) is -0.345. The van der Waals surface area contributed by atoms with Crippen molar-refractivity contribution in [1.82, 2.24) is 0 Å². The Bertz CT molecular complexity index is 402. The predicted octanol–water partition coefficient (Wildman–Crippen LogP) is 0.425. The first-order valence-corrected chi connectivity index (χ1v) is 4.80. The van der Waals surface area contributed by atoms with Crippen LogP contribution < -0.4 is 4.57 Å². The summed E-state index contributed by atoms with van der Waals surface area (Å²) in [5, 5.41) is 3.83. The third-order valence-electron chi connectivity index (χ3n) is 2.01. The smallest absolute Gasteiger partial charge is 0.311 e. The first-order valence-electron chi connectivity index (χ1n) is 4.80. The fourth-order valence-corrected chi connectivity index (χ4v) is 1.26. The van der Waals surface area contributed by atoms with Crippen molar-refractivity contribution in [3.8, 4) is 0 Å². The highest BCUT2D eigenvalue weighted by molar-refractivity contribution is 6.08. The summed E-state index contributed by atoms with van der Waals surface area (Å²) in [7, 11) is 4.68. The van der Waals surface area contributed by atoms with E-state index in [-0.39, 0.29) is 12.4 Å². The van der Waals surface area contributed by atoms with Crippen molar-refractivity contribution < 1.29 is 18.9 Å². The Kier molecular flexibility index (Phi) is 4.44. The minimum atomic E-state index is -0.345. The normalized spacial score (nSPS) is 11.1. The lowest BCUT2D eigenvalue weighted by atomic mass is 10.1. The Morgan fingerprint density at radius 3 is 2.81 bits per heavy atom. The lowest BCUT2D eigenvalue weighted by Crippen LogP contribution is -2.28. The largest absolute Gasteiger partial charge is 0.469 e. The zero-order valence-electron chi connectivity index (χ0n) is 9.64. The van der Waals surface area contributed by atoms with Crippen LogP contribution in [0.4, 0.5) is 0 Å². The van der Waals surface area contributed by atoms with Crippen LogP contribution in [0.25, 0.3) is 0 Å². The van der Waals surface area contributed by atoms with Gasteiger partial charge in [0, 0.05) is 6.07 Å². The third kappa shape index (κ3) is 3.34. The Hall–Kier alpha value is -1.91. The molecule has 0 spiro atoms. The molecule has 1 aromatic rings. The molecule has 0 unspecified atom stereocenters. The first kappa shape index (κ1) is 12.2. The minimum Gasteiger partial charge on any atom is -0.469 e. The van der Waals surface area contributed by atoms with Crippen LogP contribution in [0.2, 0.25) is 0 Å². The number of hydrogen-bond acceptors (Lipinski definition) is 4. The number of hydrogen-bond donors (Lipinski definition) is 0. The highest BCUT2D eigenvalue weighted by Crippen LogP contribution is 2.03. The molecule has 0 N–H and O–H groups in total. The summed E-state index contributed by atoms with van der Waals surface area (Å²) >= 11 is 0. The number of aromatic nitrogens is 1. The van der Waals surface area contributed by atoms with E-state index >= 15 is 0 Å². The van der Waals surface area contributed by atoms with Gasteiger partial charge in [-0.25, -0.2) is 4.57 Å². The predicted molar refractivity (Wildman–Crippen MR) is 57.8 cm³/mol. The second-order valence-electron chi connectivity index (χ2n) is 3.23. The third-order valence-corrected chi connectivity index (χ3v) is 2.01. The van der Waals surface area contributed by atoms with Gasteiger partial charge in [-0.1, -0.05) is 5.16 Å². The summed E-state index contributed by atoms with van der Waals surface area (Å²) in [6.45, 7) is 0. The lowest BCUT2D eigenvalue weighted by Gasteiger charge is -2.03. The van der Waals surface area contributed by atoms with Crippen molar-refractivity contribution in [1.29, 1.82) is 0 Å². The standard InChI is InChI=1S/C11H15N2O3/c1-13-6-4-5-9(8-13)10(12-16-3)7-11(14)15-2/h4-6,8H,7H2,1-3H3/q+1. The van der Waals surface area contributed by atoms with E-state index in [4.69, 9.17) is 4.84 Å². The molecular formula is C11H15N2O3+. The number of oxime groups is 1. The van der Waals surface area contributed by atoms with Crippen LogP contribution in [0.3, 0.4) is 0 Å². The van der Waals surface area contributed by atoms with Crippen molar-refractivity contribution in [2.24, 2.45) is 12.2 Å². The molecule has 0 bridgehead atoms. The monoisotopic (exact) mass is 223 g/mol. The van der Waals surface area contributed by atoms with Gasteiger partial charge in [-0.3, -0.25) is 4.79 Å². The van der Waals surface area contributed by atoms with E-state index in [0.29, 0.717) is 5.71 Å². The van der Waals surface area contributed by atoms with Crippen molar-refractivity contribution in [2.45, 2.75) is 6.42 Å². The lowest BCUT2D eigenvalue weighted by molar-refractivity contribution is -0.671. The van der Waals surface area contributed by atoms with E-state index in [0.717, 1.165) is 5.56 Å². The van der Waals surface area contributed by atoms with Gasteiger partial charge < -0.3 is 9.57 Å². The van der Waals surface area contributed by atoms with E-state index in [1.807, 2.05) is 36.1 Å². The fraction of sp³-hybridized carbons (Fsp3) is 0.364. The van der Waals surface area contributed by atoms with Gasteiger partial charge in [0.25, 0.3) is 0 Å². The molecule has 0 radical (unpaired) electrons. The molecule has 5 nitrogen and oxygen atoms in total. The van der Waals surface area contributed by atoms with Crippen LogP contribution >= 0.6 is 0 Å². The van der Waals surface area contributed by atoms with Gasteiger partial charge in [-0.15, -0.1) is 0 Å². The van der Waals surface area contributed by atoms with Crippen molar-refractivity contribution in [2.75, 3.05) is 14.2 Å². The molecule has 1 heterocycles. The number of esters is 1. The maximum Gasteiger partial charge on any atom is 0.311 e. The molecule has 0 saturated heterocycles. The molecular weight excluding hydrogens is 208 g/mol. The van der Waals surface area contributed by atoms with E-state index in [1.54, 1.807) is 0 Å². The molecule has 0 aliphatic heterocycles. The van der Waals surface area contributed by atoms with Gasteiger partial charge in [-0.2, -0.15) is 0 Å². The van der Waals surface area contributed by atoms with Crippen LogP contribution in [0, 0.1) is 0 Å². The number of carbonyl (C=O) groups is 1. The number of pyridine rings is 1. The van der Waals surface area contributed by atoms with Gasteiger partial charge in [0.2, 0.25) is 0 Å². The molecule has 1 aromatic heterocycles. The molecule has 0 aliphatic rings. The number of aryl methyl sites for hydroxylation is 1. The van der Waals surface area contributed by atoms with E-state index < -0.39 is 0 Å². The first-order chi connectivity index (χ1) is 7.67. The van der Waals surface area contributed by atoms with Crippen LogP contribution in [0.1, 0.15) is 12.0 Å². The summed E-state index contributed by atoms with van der Waals surface area (Å²) in [5.41, 5.74) is 1.38. The Morgan fingerprint density at radius 2 is 2.25 bits per heavy atom. The molecule has 0 fully saturated rings. The fourth-order valence-electron chi connectivity index (χ4n) is 1.26. The van der Waals surface area contributed by atoms with Crippen LogP contribution in [-0.2, 0) is 21.4 Å². The molecule has 16 heavy (non-hydrogen) atoms. The van der Waals surface area contributed by atoms with Gasteiger partial charge in [0.15, 0.2) is 12.4 Å². The SMILES string of the molecule is CON=C(CC(=O)OC)c1ccc[n+](C)c1. The quantitative estimate of drug-likeness (QED) is 0.322. The van der Waals surface area contributed by atoms with Crippen molar-refractivity contribution in [3.05, 3.63) is 30.1 Å². The summed E-state index contributed by atoms with van der Waals surface area (Å²) < 4.78 is 6.47. The molecule has 5 heteroatoms. The van der Waals surface area contributed by atoms with Crippen LogP contribution in [-0.4, -0.2) is 25.9 Å². The Morgan fingerprint density at radius 1 is 1.50 bits per heavy atom. The van der Waals surface area contributed by atoms with E-state index in [1.165, 1.54) is 14.2 Å². The summed E-state index contributed by atoms with van der Waals surface area (Å²) in [6, 6.07) is 3.73. The molecule has 0 amide bonds. The molecule has 86 valence electrons. The van der Waals surface area contributed by atoms with Crippen molar-refractivity contribution in [3.63, 3.8) is 0 Å². The molecule has 0 atom stereocenters. The highest BCUT2D eigenvalue weighted by Gasteiger charge is 2.13. The molecule has 0 saturated carbocycles. The van der Waals surface area contributed by atoms with Crippen molar-refractivity contribution >= 4 is 11.7 Å². The van der Waals surface area contributed by atoms with Gasteiger partial charge in [0.05, 0.1) is 19.1 Å². The molecule has 0 aromatic carbocycles. The van der Waals surface area contributed by atoms with Gasteiger partial charge in [0.1, 0.15) is 19.9 Å². The van der Waals surface area contributed by atoms with Crippen LogP contribution in [0.5, 0.6) is 0 Å². The zero-order valence-corrected chi connectivity index (χ0v) is 9.64.